The molecule has 2 aromatic carbocycles. The number of rotatable bonds is 6. The molecule has 0 unspecified atom stereocenters. The van der Waals surface area contributed by atoms with Gasteiger partial charge in [0.1, 0.15) is 16.9 Å². The van der Waals surface area contributed by atoms with E-state index in [1.165, 1.54) is 23.6 Å². The van der Waals surface area contributed by atoms with Crippen LogP contribution in [0.2, 0.25) is 0 Å². The molecule has 0 radical (unpaired) electrons. The van der Waals surface area contributed by atoms with E-state index in [1.807, 2.05) is 54.6 Å². The number of fused-ring (bicyclic) bond motifs is 1. The summed E-state index contributed by atoms with van der Waals surface area (Å²) >= 11 is 3.31. The second kappa shape index (κ2) is 11.3. The van der Waals surface area contributed by atoms with E-state index in [-0.39, 0.29) is 11.9 Å². The van der Waals surface area contributed by atoms with Gasteiger partial charge in [0.05, 0.1) is 6.54 Å². The highest BCUT2D eigenvalue weighted by Crippen LogP contribution is 2.22. The summed E-state index contributed by atoms with van der Waals surface area (Å²) < 4.78 is 11.9. The van der Waals surface area contributed by atoms with Crippen LogP contribution in [0.5, 0.6) is 11.5 Å². The number of para-hydroxylation sites is 1. The Bertz CT molecular complexity index is 1230. The molecule has 0 saturated carbocycles. The summed E-state index contributed by atoms with van der Waals surface area (Å²) in [5, 5.41) is 1.42. The Kier molecular flexibility index (Phi) is 8.18. The Morgan fingerprint density at radius 2 is 1.77 bits per heavy atom. The maximum absolute atomic E-state index is 12.2. The summed E-state index contributed by atoms with van der Waals surface area (Å²) in [6.07, 6.45) is 4.14. The molecule has 0 fully saturated rings. The molecular formula is C24H23BrN2O4. The number of hydrogen-bond acceptors (Lipinski definition) is 5. The second-order valence-corrected chi connectivity index (χ2v) is 7.51. The zero-order valence-electron chi connectivity index (χ0n) is 17.2. The summed E-state index contributed by atoms with van der Waals surface area (Å²) in [4.78, 5) is 28.1. The first-order valence-electron chi connectivity index (χ1n) is 9.99. The standard InChI is InChI=1S/C20H14N2O4.C4H9Br/c23-19-17-10-5-11-21-18(17)22(20(24)26-19)13-14-6-4-9-16(12-14)25-15-7-2-1-3-8-15;1-2-3-4-5/h1-12H,13H2;2-4H2,1H3. The van der Waals surface area contributed by atoms with Gasteiger partial charge in [-0.3, -0.25) is 4.57 Å². The Morgan fingerprint density at radius 3 is 2.48 bits per heavy atom. The van der Waals surface area contributed by atoms with Crippen molar-refractivity contribution in [2.75, 3.05) is 5.33 Å². The number of hydrogen-bond donors (Lipinski definition) is 0. The SMILES string of the molecule is CCCCBr.O=c1oc(=O)n(Cc2cccc(Oc3ccccc3)c2)c2ncccc12. The molecule has 4 aromatic rings. The minimum absolute atomic E-state index is 0.210. The molecule has 0 aliphatic heterocycles. The number of nitrogens with zero attached hydrogens (tertiary/aromatic N) is 2. The van der Waals surface area contributed by atoms with Crippen molar-refractivity contribution >= 4 is 27.0 Å². The van der Waals surface area contributed by atoms with Crippen molar-refractivity contribution in [1.82, 2.24) is 9.55 Å². The van der Waals surface area contributed by atoms with Crippen LogP contribution in [0, 0.1) is 0 Å². The number of ether oxygens (including phenoxy) is 1. The summed E-state index contributed by atoms with van der Waals surface area (Å²) in [7, 11) is 0. The lowest BCUT2D eigenvalue weighted by Crippen LogP contribution is -2.26. The number of benzene rings is 2. The molecule has 2 heterocycles. The van der Waals surface area contributed by atoms with Gasteiger partial charge >= 0.3 is 11.4 Å². The molecule has 0 bridgehead atoms. The quantitative estimate of drug-likeness (QED) is 0.345. The van der Waals surface area contributed by atoms with Crippen molar-refractivity contribution < 1.29 is 9.15 Å². The van der Waals surface area contributed by atoms with Gasteiger partial charge in [-0.15, -0.1) is 0 Å². The highest BCUT2D eigenvalue weighted by atomic mass is 79.9. The van der Waals surface area contributed by atoms with Gasteiger partial charge in [-0.25, -0.2) is 14.6 Å². The van der Waals surface area contributed by atoms with Crippen LogP contribution in [0.4, 0.5) is 0 Å². The van der Waals surface area contributed by atoms with Gasteiger partial charge in [0.15, 0.2) is 5.65 Å². The lowest BCUT2D eigenvalue weighted by Gasteiger charge is -2.10. The van der Waals surface area contributed by atoms with Crippen molar-refractivity contribution in [3.63, 3.8) is 0 Å². The van der Waals surface area contributed by atoms with Crippen LogP contribution < -0.4 is 16.1 Å². The molecule has 4 rings (SSSR count). The number of aromatic nitrogens is 2. The van der Waals surface area contributed by atoms with Crippen LogP contribution >= 0.6 is 15.9 Å². The molecule has 7 heteroatoms. The average Bonchev–Trinajstić information content (AvgIpc) is 2.79. The zero-order chi connectivity index (χ0) is 22.1. The zero-order valence-corrected chi connectivity index (χ0v) is 18.7. The third-order valence-corrected chi connectivity index (χ3v) is 4.93. The van der Waals surface area contributed by atoms with Crippen molar-refractivity contribution in [3.05, 3.63) is 99.5 Å². The Hall–Kier alpha value is -3.19. The molecule has 0 aliphatic rings. The molecule has 2 aromatic heterocycles. The maximum Gasteiger partial charge on any atom is 0.423 e. The summed E-state index contributed by atoms with van der Waals surface area (Å²) in [5.41, 5.74) is 0.431. The van der Waals surface area contributed by atoms with E-state index in [9.17, 15) is 9.59 Å². The van der Waals surface area contributed by atoms with E-state index in [0.717, 1.165) is 16.6 Å². The van der Waals surface area contributed by atoms with E-state index < -0.39 is 11.4 Å². The van der Waals surface area contributed by atoms with Gasteiger partial charge in [0.25, 0.3) is 0 Å². The lowest BCUT2D eigenvalue weighted by atomic mass is 10.2. The molecule has 0 atom stereocenters. The number of halogens is 1. The molecule has 31 heavy (non-hydrogen) atoms. The summed E-state index contributed by atoms with van der Waals surface area (Å²) in [6, 6.07) is 20.0. The van der Waals surface area contributed by atoms with Crippen molar-refractivity contribution in [2.24, 2.45) is 0 Å². The third kappa shape index (κ3) is 6.15. The van der Waals surface area contributed by atoms with E-state index >= 15 is 0 Å². The minimum Gasteiger partial charge on any atom is -0.457 e. The fourth-order valence-corrected chi connectivity index (χ4v) is 3.40. The van der Waals surface area contributed by atoms with Crippen molar-refractivity contribution in [1.29, 1.82) is 0 Å². The molecule has 6 nitrogen and oxygen atoms in total. The van der Waals surface area contributed by atoms with Crippen LogP contribution in [0.1, 0.15) is 25.3 Å². The molecule has 0 aliphatic carbocycles. The molecule has 0 spiro atoms. The molecule has 0 amide bonds. The van der Waals surface area contributed by atoms with Crippen LogP contribution in [0.15, 0.2) is 86.9 Å². The maximum atomic E-state index is 12.2. The van der Waals surface area contributed by atoms with Crippen molar-refractivity contribution in [3.8, 4) is 11.5 Å². The van der Waals surface area contributed by atoms with E-state index in [2.05, 4.69) is 27.8 Å². The van der Waals surface area contributed by atoms with Gasteiger partial charge in [-0.05, 0) is 48.4 Å². The topological polar surface area (TPSA) is 74.3 Å². The van der Waals surface area contributed by atoms with Gasteiger partial charge in [0.2, 0.25) is 0 Å². The molecule has 0 N–H and O–H groups in total. The molecule has 0 saturated heterocycles. The van der Waals surface area contributed by atoms with E-state index in [4.69, 9.17) is 9.15 Å². The van der Waals surface area contributed by atoms with E-state index in [1.54, 1.807) is 12.1 Å². The second-order valence-electron chi connectivity index (χ2n) is 6.72. The predicted octanol–water partition coefficient (Wildman–Crippen LogP) is 5.37. The van der Waals surface area contributed by atoms with Crippen molar-refractivity contribution in [2.45, 2.75) is 26.3 Å². The number of alkyl halides is 1. The van der Waals surface area contributed by atoms with Crippen LogP contribution in [-0.2, 0) is 6.54 Å². The summed E-state index contributed by atoms with van der Waals surface area (Å²) in [6.45, 7) is 2.39. The van der Waals surface area contributed by atoms with Gasteiger partial charge in [-0.2, -0.15) is 0 Å². The highest BCUT2D eigenvalue weighted by molar-refractivity contribution is 9.09. The van der Waals surface area contributed by atoms with Crippen LogP contribution in [-0.4, -0.2) is 14.9 Å². The summed E-state index contributed by atoms with van der Waals surface area (Å²) in [5.74, 6) is 0.631. The van der Waals surface area contributed by atoms with E-state index in [0.29, 0.717) is 11.4 Å². The highest BCUT2D eigenvalue weighted by Gasteiger charge is 2.11. The fraction of sp³-hybridized carbons (Fsp3) is 0.208. The number of pyridine rings is 1. The van der Waals surface area contributed by atoms with Gasteiger partial charge in [0, 0.05) is 11.5 Å². The Labute approximate surface area is 188 Å². The first-order chi connectivity index (χ1) is 15.1. The normalized spacial score (nSPS) is 10.4. The smallest absolute Gasteiger partial charge is 0.423 e. The minimum atomic E-state index is -0.740. The molecular weight excluding hydrogens is 460 g/mol. The van der Waals surface area contributed by atoms with Gasteiger partial charge < -0.3 is 9.15 Å². The lowest BCUT2D eigenvalue weighted by molar-refractivity contribution is 0.423. The first-order valence-corrected chi connectivity index (χ1v) is 11.1. The third-order valence-electron chi connectivity index (χ3n) is 4.37. The molecule has 160 valence electrons. The van der Waals surface area contributed by atoms with Gasteiger partial charge in [-0.1, -0.05) is 59.6 Å². The first kappa shape index (κ1) is 22.5. The monoisotopic (exact) mass is 482 g/mol. The Balaban J connectivity index is 0.000000491. The largest absolute Gasteiger partial charge is 0.457 e. The van der Waals surface area contributed by atoms with Crippen LogP contribution in [0.25, 0.3) is 11.0 Å². The fourth-order valence-electron chi connectivity index (χ4n) is 2.83. The van der Waals surface area contributed by atoms with Crippen LogP contribution in [0.3, 0.4) is 0 Å². The Morgan fingerprint density at radius 1 is 1.00 bits per heavy atom. The average molecular weight is 483 g/mol. The number of unbranched alkanes of at least 4 members (excludes halogenated alkanes) is 1. The predicted molar refractivity (Wildman–Crippen MR) is 125 cm³/mol.